The van der Waals surface area contributed by atoms with Gasteiger partial charge in [0.15, 0.2) is 28.3 Å². The first-order valence-corrected chi connectivity index (χ1v) is 13.5. The Morgan fingerprint density at radius 2 is 1.70 bits per heavy atom. The minimum atomic E-state index is -1.54. The van der Waals surface area contributed by atoms with Gasteiger partial charge in [-0.05, 0) is 50.6 Å². The summed E-state index contributed by atoms with van der Waals surface area (Å²) in [4.78, 5) is 33.0. The number of nitrogens with zero attached hydrogens (tertiary/aromatic N) is 5. The largest absolute Gasteiger partial charge is 0.474 e. The van der Waals surface area contributed by atoms with Gasteiger partial charge in [0.1, 0.15) is 11.0 Å². The molecule has 1 aliphatic carbocycles. The molecule has 3 atom stereocenters. The Morgan fingerprint density at radius 3 is 2.33 bits per heavy atom. The summed E-state index contributed by atoms with van der Waals surface area (Å²) in [5, 5.41) is 0.595. The molecule has 0 bridgehead atoms. The van der Waals surface area contributed by atoms with Crippen molar-refractivity contribution in [2.45, 2.75) is 32.4 Å². The summed E-state index contributed by atoms with van der Waals surface area (Å²) in [5.74, 6) is -3.28. The molecule has 0 spiro atoms. The number of benzene rings is 1. The third-order valence-electron chi connectivity index (χ3n) is 7.23. The Morgan fingerprint density at radius 1 is 1.05 bits per heavy atom. The molecule has 8 nitrogen and oxygen atoms in total. The zero-order chi connectivity index (χ0) is 28.3. The highest BCUT2D eigenvalue weighted by atomic mass is 32.1. The number of rotatable bonds is 6. The van der Waals surface area contributed by atoms with Crippen LogP contribution in [0.2, 0.25) is 0 Å². The Hall–Kier alpha value is -3.90. The van der Waals surface area contributed by atoms with Crippen LogP contribution >= 0.6 is 11.3 Å². The van der Waals surface area contributed by atoms with E-state index >= 15 is 0 Å². The van der Waals surface area contributed by atoms with E-state index in [0.717, 1.165) is 12.1 Å². The maximum Gasteiger partial charge on any atom is 0.265 e. The maximum atomic E-state index is 13.9. The highest BCUT2D eigenvalue weighted by Crippen LogP contribution is 2.48. The third kappa shape index (κ3) is 4.81. The van der Waals surface area contributed by atoms with Crippen molar-refractivity contribution in [1.29, 1.82) is 0 Å². The summed E-state index contributed by atoms with van der Waals surface area (Å²) >= 11 is 1.28. The average molecular weight is 567 g/mol. The highest BCUT2D eigenvalue weighted by molar-refractivity contribution is 7.17. The molecule has 206 valence electrons. The molecule has 4 heterocycles. The first kappa shape index (κ1) is 26.3. The molecule has 2 fully saturated rings. The number of hydrogen-bond acceptors (Lipinski definition) is 8. The average Bonchev–Trinajstić information content (AvgIpc) is 3.23. The zero-order valence-electron chi connectivity index (χ0n) is 21.9. The molecule has 40 heavy (non-hydrogen) atoms. The number of carbonyl (C=O) groups excluding carboxylic acids is 1. The molecule has 1 aromatic carbocycles. The quantitative estimate of drug-likeness (QED) is 0.336. The predicted octanol–water partition coefficient (Wildman–Crippen LogP) is 4.73. The second kappa shape index (κ2) is 9.63. The molecule has 2 aliphatic rings. The van der Waals surface area contributed by atoms with E-state index in [2.05, 4.69) is 19.9 Å². The van der Waals surface area contributed by atoms with Gasteiger partial charge in [-0.2, -0.15) is 0 Å². The van der Waals surface area contributed by atoms with Gasteiger partial charge in [-0.25, -0.2) is 33.1 Å². The second-order valence-corrected chi connectivity index (χ2v) is 11.7. The van der Waals surface area contributed by atoms with Crippen molar-refractivity contribution in [3.63, 3.8) is 0 Å². The second-order valence-electron chi connectivity index (χ2n) is 10.7. The molecular weight excluding hydrogens is 541 g/mol. The predicted molar refractivity (Wildman–Crippen MR) is 142 cm³/mol. The minimum Gasteiger partial charge on any atom is -0.474 e. The summed E-state index contributed by atoms with van der Waals surface area (Å²) in [6.07, 6.45) is 3.10. The van der Waals surface area contributed by atoms with E-state index in [-0.39, 0.29) is 41.0 Å². The Kier molecular flexibility index (Phi) is 6.34. The Balaban J connectivity index is 1.18. The fourth-order valence-electron chi connectivity index (χ4n) is 4.98. The fraction of sp³-hybridized carbons (Fsp3) is 0.321. The van der Waals surface area contributed by atoms with Crippen molar-refractivity contribution in [2.75, 3.05) is 13.1 Å². The summed E-state index contributed by atoms with van der Waals surface area (Å²) in [5.41, 5.74) is 7.06. The van der Waals surface area contributed by atoms with E-state index in [1.165, 1.54) is 11.3 Å². The molecular formula is C28H25F3N6O2S. The van der Waals surface area contributed by atoms with Gasteiger partial charge in [0.05, 0.1) is 11.4 Å². The first-order valence-electron chi connectivity index (χ1n) is 12.7. The Bertz CT molecular complexity index is 1590. The van der Waals surface area contributed by atoms with Crippen LogP contribution in [0.25, 0.3) is 22.1 Å². The Labute approximate surface area is 232 Å². The lowest BCUT2D eigenvalue weighted by Crippen LogP contribution is -2.33. The van der Waals surface area contributed by atoms with Crippen LogP contribution in [0.5, 0.6) is 5.88 Å². The number of aromatic nitrogens is 4. The smallest absolute Gasteiger partial charge is 0.265 e. The maximum absolute atomic E-state index is 13.9. The number of aryl methyl sites for hydroxylation is 1. The number of ether oxygens (including phenoxy) is 1. The van der Waals surface area contributed by atoms with Crippen molar-refractivity contribution in [3.8, 4) is 28.0 Å². The minimum absolute atomic E-state index is 0.0697. The van der Waals surface area contributed by atoms with Gasteiger partial charge in [-0.1, -0.05) is 0 Å². The number of halogens is 3. The SMILES string of the molecule is Cc1nc(-c2ncccn2)sc1C(=O)N1C[C@@H]2[C@H](C1)[C@@H]2Oc1cc(C(C)(C)N)cc(-c2cc(F)c(F)c(F)c2)n1. The molecule has 2 N–H and O–H groups in total. The van der Waals surface area contributed by atoms with E-state index in [1.807, 2.05) is 0 Å². The lowest BCUT2D eigenvalue weighted by molar-refractivity contribution is 0.0755. The molecule has 1 amide bonds. The molecule has 0 radical (unpaired) electrons. The first-order chi connectivity index (χ1) is 19.0. The highest BCUT2D eigenvalue weighted by Gasteiger charge is 2.59. The monoisotopic (exact) mass is 566 g/mol. The van der Waals surface area contributed by atoms with Crippen molar-refractivity contribution >= 4 is 17.2 Å². The lowest BCUT2D eigenvalue weighted by Gasteiger charge is -2.22. The summed E-state index contributed by atoms with van der Waals surface area (Å²) in [6.45, 7) is 6.41. The number of hydrogen-bond donors (Lipinski definition) is 1. The summed E-state index contributed by atoms with van der Waals surface area (Å²) in [6, 6.07) is 6.81. The molecule has 12 heteroatoms. The molecule has 4 aromatic rings. The number of carbonyl (C=O) groups is 1. The van der Waals surface area contributed by atoms with Crippen molar-refractivity contribution in [2.24, 2.45) is 17.6 Å². The zero-order valence-corrected chi connectivity index (χ0v) is 22.7. The van der Waals surface area contributed by atoms with Crippen LogP contribution in [0, 0.1) is 36.2 Å². The molecule has 1 saturated carbocycles. The van der Waals surface area contributed by atoms with Gasteiger partial charge in [0.25, 0.3) is 5.91 Å². The molecule has 6 rings (SSSR count). The number of pyridine rings is 1. The van der Waals surface area contributed by atoms with E-state index in [9.17, 15) is 18.0 Å². The topological polar surface area (TPSA) is 107 Å². The third-order valence-corrected chi connectivity index (χ3v) is 8.37. The van der Waals surface area contributed by atoms with Gasteiger partial charge in [0, 0.05) is 54.5 Å². The number of amides is 1. The van der Waals surface area contributed by atoms with Crippen LogP contribution in [0.1, 0.15) is 34.8 Å². The number of nitrogens with two attached hydrogens (primary N) is 1. The number of likely N-dealkylation sites (tertiary alicyclic amines) is 1. The number of piperidine rings is 1. The molecule has 0 unspecified atom stereocenters. The molecule has 3 aromatic heterocycles. The van der Waals surface area contributed by atoms with Gasteiger partial charge in [-0.3, -0.25) is 4.79 Å². The standard InChI is InChI=1S/C28H25F3N6O2S/c1-13-24(40-26(35-13)25-33-5-4-6-34-25)27(38)37-11-16-17(12-37)23(16)39-21-10-15(28(2,3)32)9-20(36-21)14-7-18(29)22(31)19(30)8-14/h4-10,16-17,23H,11-12,32H2,1-3H3/t16-,17+,23-. The molecule has 1 saturated heterocycles. The van der Waals surface area contributed by atoms with Crippen LogP contribution in [0.4, 0.5) is 13.2 Å². The van der Waals surface area contributed by atoms with Crippen LogP contribution < -0.4 is 10.5 Å². The van der Waals surface area contributed by atoms with Gasteiger partial charge in [-0.15, -0.1) is 11.3 Å². The summed E-state index contributed by atoms with van der Waals surface area (Å²) in [7, 11) is 0. The van der Waals surface area contributed by atoms with Gasteiger partial charge >= 0.3 is 0 Å². The number of fused-ring (bicyclic) bond motifs is 1. The van der Waals surface area contributed by atoms with Gasteiger partial charge in [0.2, 0.25) is 5.88 Å². The van der Waals surface area contributed by atoms with E-state index in [0.29, 0.717) is 40.1 Å². The molecule has 1 aliphatic heterocycles. The van der Waals surface area contributed by atoms with E-state index in [4.69, 9.17) is 10.5 Å². The van der Waals surface area contributed by atoms with Crippen LogP contribution in [0.15, 0.2) is 42.7 Å². The van der Waals surface area contributed by atoms with Crippen molar-refractivity contribution < 1.29 is 22.7 Å². The van der Waals surface area contributed by atoms with Crippen LogP contribution in [-0.2, 0) is 5.54 Å². The number of thiazole rings is 1. The fourth-order valence-corrected chi connectivity index (χ4v) is 5.97. The van der Waals surface area contributed by atoms with E-state index in [1.54, 1.807) is 56.3 Å². The summed E-state index contributed by atoms with van der Waals surface area (Å²) < 4.78 is 47.6. The van der Waals surface area contributed by atoms with E-state index < -0.39 is 23.0 Å². The lowest BCUT2D eigenvalue weighted by atomic mass is 9.94. The van der Waals surface area contributed by atoms with Crippen molar-refractivity contribution in [3.05, 3.63) is 76.3 Å². The van der Waals surface area contributed by atoms with Crippen molar-refractivity contribution in [1.82, 2.24) is 24.8 Å². The van der Waals surface area contributed by atoms with Gasteiger partial charge < -0.3 is 15.4 Å². The normalized spacial score (nSPS) is 20.0. The van der Waals surface area contributed by atoms with Crippen LogP contribution in [-0.4, -0.2) is 49.9 Å². The van der Waals surface area contributed by atoms with Crippen LogP contribution in [0.3, 0.4) is 0 Å².